The van der Waals surface area contributed by atoms with Crippen LogP contribution in [-0.2, 0) is 16.0 Å². The Balaban J connectivity index is 1.46. The van der Waals surface area contributed by atoms with Crippen molar-refractivity contribution in [3.05, 3.63) is 58.4 Å². The van der Waals surface area contributed by atoms with Crippen LogP contribution in [0.3, 0.4) is 0 Å². The lowest BCUT2D eigenvalue weighted by Crippen LogP contribution is -2.51. The summed E-state index contributed by atoms with van der Waals surface area (Å²) in [6, 6.07) is 11.9. The van der Waals surface area contributed by atoms with Gasteiger partial charge in [0.15, 0.2) is 0 Å². The summed E-state index contributed by atoms with van der Waals surface area (Å²) in [5.74, 6) is 0.0426. The van der Waals surface area contributed by atoms with Gasteiger partial charge in [0, 0.05) is 34.1 Å². The molecule has 5 rings (SSSR count). The number of fused-ring (bicyclic) bond motifs is 1. The summed E-state index contributed by atoms with van der Waals surface area (Å²) in [6.07, 6.45) is 13.3. The molecule has 0 spiro atoms. The van der Waals surface area contributed by atoms with Gasteiger partial charge in [-0.05, 0) is 48.8 Å². The Labute approximate surface area is 205 Å². The maximum atomic E-state index is 14.0. The molecule has 2 aliphatic carbocycles. The predicted molar refractivity (Wildman–Crippen MR) is 138 cm³/mol. The van der Waals surface area contributed by atoms with E-state index in [9.17, 15) is 9.59 Å². The second kappa shape index (κ2) is 10.8. The van der Waals surface area contributed by atoms with Crippen LogP contribution in [0.5, 0.6) is 0 Å². The van der Waals surface area contributed by atoms with Crippen LogP contribution in [0.25, 0.3) is 10.9 Å². The monoisotopic (exact) mass is 477 g/mol. The number of amides is 2. The SMILES string of the molecule is O=C(NC1CCCCC1)[C@@H](c1cccs1)N(C(=O)Cc1c[nH]c2ccccc12)C1CCCCC1. The van der Waals surface area contributed by atoms with Crippen LogP contribution in [0, 0.1) is 0 Å². The van der Waals surface area contributed by atoms with Crippen molar-refractivity contribution in [2.24, 2.45) is 0 Å². The Kier molecular flexibility index (Phi) is 7.33. The van der Waals surface area contributed by atoms with Crippen molar-refractivity contribution >= 4 is 34.1 Å². The summed E-state index contributed by atoms with van der Waals surface area (Å²) < 4.78 is 0. The van der Waals surface area contributed by atoms with E-state index in [2.05, 4.69) is 16.4 Å². The third-order valence-electron chi connectivity index (χ3n) is 7.56. The van der Waals surface area contributed by atoms with Crippen molar-refractivity contribution < 1.29 is 9.59 Å². The van der Waals surface area contributed by atoms with Crippen LogP contribution in [-0.4, -0.2) is 33.8 Å². The first-order chi connectivity index (χ1) is 16.7. The molecule has 3 aromatic rings. The molecule has 0 aliphatic heterocycles. The second-order valence-electron chi connectivity index (χ2n) is 9.89. The lowest BCUT2D eigenvalue weighted by atomic mass is 9.91. The summed E-state index contributed by atoms with van der Waals surface area (Å²) in [4.78, 5) is 34.1. The Bertz CT molecular complexity index is 1090. The minimum atomic E-state index is -0.553. The maximum absolute atomic E-state index is 14.0. The van der Waals surface area contributed by atoms with Gasteiger partial charge in [0.25, 0.3) is 0 Å². The van der Waals surface area contributed by atoms with Gasteiger partial charge < -0.3 is 15.2 Å². The summed E-state index contributed by atoms with van der Waals surface area (Å²) in [6.45, 7) is 0. The molecule has 1 atom stereocenters. The van der Waals surface area contributed by atoms with E-state index in [4.69, 9.17) is 0 Å². The quantitative estimate of drug-likeness (QED) is 0.430. The summed E-state index contributed by atoms with van der Waals surface area (Å²) >= 11 is 1.58. The molecule has 180 valence electrons. The molecule has 0 unspecified atom stereocenters. The van der Waals surface area contributed by atoms with Crippen molar-refractivity contribution in [2.45, 2.75) is 88.8 Å². The van der Waals surface area contributed by atoms with Crippen LogP contribution >= 0.6 is 11.3 Å². The predicted octanol–water partition coefficient (Wildman–Crippen LogP) is 6.12. The molecule has 2 aromatic heterocycles. The molecule has 2 N–H and O–H groups in total. The smallest absolute Gasteiger partial charge is 0.248 e. The molecular formula is C28H35N3O2S. The second-order valence-corrected chi connectivity index (χ2v) is 10.9. The van der Waals surface area contributed by atoms with Gasteiger partial charge in [0.1, 0.15) is 6.04 Å². The largest absolute Gasteiger partial charge is 0.361 e. The van der Waals surface area contributed by atoms with E-state index in [0.717, 1.165) is 59.9 Å². The number of carbonyl (C=O) groups is 2. The Morgan fingerprint density at radius 3 is 2.44 bits per heavy atom. The van der Waals surface area contributed by atoms with E-state index in [-0.39, 0.29) is 23.9 Å². The summed E-state index contributed by atoms with van der Waals surface area (Å²) in [5.41, 5.74) is 2.04. The van der Waals surface area contributed by atoms with Gasteiger partial charge in [-0.1, -0.05) is 62.8 Å². The molecule has 0 radical (unpaired) electrons. The lowest BCUT2D eigenvalue weighted by molar-refractivity contribution is -0.144. The highest BCUT2D eigenvalue weighted by atomic mass is 32.1. The number of nitrogens with zero attached hydrogens (tertiary/aromatic N) is 1. The van der Waals surface area contributed by atoms with Crippen molar-refractivity contribution in [1.29, 1.82) is 0 Å². The number of hydrogen-bond donors (Lipinski definition) is 2. The average Bonchev–Trinajstić information content (AvgIpc) is 3.54. The summed E-state index contributed by atoms with van der Waals surface area (Å²) in [5, 5.41) is 6.43. The zero-order valence-corrected chi connectivity index (χ0v) is 20.6. The van der Waals surface area contributed by atoms with Gasteiger partial charge in [-0.2, -0.15) is 0 Å². The van der Waals surface area contributed by atoms with E-state index < -0.39 is 6.04 Å². The molecule has 2 heterocycles. The van der Waals surface area contributed by atoms with Crippen LogP contribution < -0.4 is 5.32 Å². The van der Waals surface area contributed by atoms with Gasteiger partial charge in [-0.25, -0.2) is 0 Å². The number of thiophene rings is 1. The molecular weight excluding hydrogens is 442 g/mol. The van der Waals surface area contributed by atoms with E-state index in [1.165, 1.54) is 25.7 Å². The molecule has 0 saturated heterocycles. The van der Waals surface area contributed by atoms with Gasteiger partial charge in [-0.15, -0.1) is 11.3 Å². The number of benzene rings is 1. The van der Waals surface area contributed by atoms with Gasteiger partial charge in [0.05, 0.1) is 6.42 Å². The number of nitrogens with one attached hydrogen (secondary N) is 2. The molecule has 34 heavy (non-hydrogen) atoms. The molecule has 0 bridgehead atoms. The van der Waals surface area contributed by atoms with E-state index in [0.29, 0.717) is 6.42 Å². The van der Waals surface area contributed by atoms with Crippen molar-refractivity contribution in [3.63, 3.8) is 0 Å². The molecule has 2 amide bonds. The molecule has 1 aromatic carbocycles. The molecule has 6 heteroatoms. The summed E-state index contributed by atoms with van der Waals surface area (Å²) in [7, 11) is 0. The Hall–Kier alpha value is -2.60. The third-order valence-corrected chi connectivity index (χ3v) is 8.49. The number of H-pyrrole nitrogens is 1. The number of para-hydroxylation sites is 1. The van der Waals surface area contributed by atoms with E-state index in [1.807, 2.05) is 46.8 Å². The number of hydrogen-bond acceptors (Lipinski definition) is 3. The van der Waals surface area contributed by atoms with Crippen LogP contribution in [0.15, 0.2) is 48.0 Å². The van der Waals surface area contributed by atoms with Gasteiger partial charge in [0.2, 0.25) is 11.8 Å². The topological polar surface area (TPSA) is 65.2 Å². The van der Waals surface area contributed by atoms with Crippen molar-refractivity contribution in [1.82, 2.24) is 15.2 Å². The lowest BCUT2D eigenvalue weighted by Gasteiger charge is -2.40. The number of aromatic nitrogens is 1. The first-order valence-corrected chi connectivity index (χ1v) is 13.8. The van der Waals surface area contributed by atoms with Crippen LogP contribution in [0.1, 0.15) is 80.7 Å². The fourth-order valence-electron chi connectivity index (χ4n) is 5.82. The average molecular weight is 478 g/mol. The number of carbonyl (C=O) groups excluding carboxylic acids is 2. The van der Waals surface area contributed by atoms with Crippen LogP contribution in [0.4, 0.5) is 0 Å². The van der Waals surface area contributed by atoms with E-state index in [1.54, 1.807) is 11.3 Å². The first kappa shape index (κ1) is 23.2. The zero-order chi connectivity index (χ0) is 23.3. The molecule has 2 fully saturated rings. The Morgan fingerprint density at radius 1 is 0.971 bits per heavy atom. The highest BCUT2D eigenvalue weighted by Crippen LogP contribution is 2.34. The minimum absolute atomic E-state index is 0.00722. The van der Waals surface area contributed by atoms with Crippen LogP contribution in [0.2, 0.25) is 0 Å². The molecule has 2 aliphatic rings. The zero-order valence-electron chi connectivity index (χ0n) is 19.8. The minimum Gasteiger partial charge on any atom is -0.361 e. The highest BCUT2D eigenvalue weighted by molar-refractivity contribution is 7.10. The van der Waals surface area contributed by atoms with Crippen molar-refractivity contribution in [3.8, 4) is 0 Å². The third kappa shape index (κ3) is 5.07. The molecule has 2 saturated carbocycles. The highest BCUT2D eigenvalue weighted by Gasteiger charge is 2.38. The number of aromatic amines is 1. The fourth-order valence-corrected chi connectivity index (χ4v) is 6.64. The van der Waals surface area contributed by atoms with E-state index >= 15 is 0 Å². The first-order valence-electron chi connectivity index (χ1n) is 12.9. The molecule has 5 nitrogen and oxygen atoms in total. The number of rotatable bonds is 7. The standard InChI is InChI=1S/C28H35N3O2S/c32-26(18-20-19-29-24-15-8-7-14-23(20)24)31(22-12-5-2-6-13-22)27(25-16-9-17-34-25)28(33)30-21-10-3-1-4-11-21/h7-9,14-17,19,21-22,27,29H,1-6,10-13,18H2,(H,30,33)/t27-/m1/s1. The van der Waals surface area contributed by atoms with Gasteiger partial charge in [-0.3, -0.25) is 9.59 Å². The Morgan fingerprint density at radius 2 is 1.71 bits per heavy atom. The van der Waals surface area contributed by atoms with Gasteiger partial charge >= 0.3 is 0 Å². The van der Waals surface area contributed by atoms with Crippen molar-refractivity contribution in [2.75, 3.05) is 0 Å². The normalized spacial score (nSPS) is 18.6. The maximum Gasteiger partial charge on any atom is 0.248 e. The fraction of sp³-hybridized carbons (Fsp3) is 0.500.